The molecule has 17 heteroatoms. The smallest absolute Gasteiger partial charge is 0.410 e. The van der Waals surface area contributed by atoms with E-state index >= 15 is 0 Å². The van der Waals surface area contributed by atoms with Crippen LogP contribution in [0.15, 0.2) is 18.2 Å². The van der Waals surface area contributed by atoms with Crippen LogP contribution in [0.4, 0.5) is 9.18 Å². The Balaban J connectivity index is 1.61. The number of nitrogens with two attached hydrogens (primary N) is 1. The lowest BCUT2D eigenvalue weighted by molar-refractivity contribution is -0.145. The molecule has 1 aromatic rings. The van der Waals surface area contributed by atoms with Crippen LogP contribution in [-0.4, -0.2) is 100.0 Å². The number of ketones is 1. The van der Waals surface area contributed by atoms with E-state index < -0.39 is 88.6 Å². The van der Waals surface area contributed by atoms with Gasteiger partial charge in [0.1, 0.15) is 35.8 Å². The van der Waals surface area contributed by atoms with Crippen LogP contribution >= 0.6 is 0 Å². The Morgan fingerprint density at radius 3 is 2.31 bits per heavy atom. The topological polar surface area (TPSA) is 245 Å². The fraction of sp³-hybridized carbons (Fsp3) is 0.595. The van der Waals surface area contributed by atoms with Crippen molar-refractivity contribution in [2.75, 3.05) is 6.54 Å². The van der Waals surface area contributed by atoms with Gasteiger partial charge in [-0.15, -0.1) is 0 Å². The number of ether oxygens (including phenoxy) is 1. The van der Waals surface area contributed by atoms with Gasteiger partial charge in [-0.25, -0.2) is 9.18 Å². The maximum atomic E-state index is 14.6. The summed E-state index contributed by atoms with van der Waals surface area (Å²) in [5, 5.41) is 23.0. The van der Waals surface area contributed by atoms with Crippen LogP contribution in [0.3, 0.4) is 0 Å². The number of hydrogen-bond acceptors (Lipinski definition) is 10. The number of hydrogen-bond donors (Lipinski definition) is 6. The lowest BCUT2D eigenvalue weighted by Crippen LogP contribution is -2.62. The molecular weight excluding hydrogens is 703 g/mol. The van der Waals surface area contributed by atoms with Gasteiger partial charge in [0, 0.05) is 24.7 Å². The monoisotopic (exact) mass is 754 g/mol. The third-order valence-electron chi connectivity index (χ3n) is 10.2. The number of Topliss-reactive ketones (excluding diaryl/α,β-unsaturated/α-hetero) is 1. The predicted molar refractivity (Wildman–Crippen MR) is 193 cm³/mol. The first-order valence-corrected chi connectivity index (χ1v) is 18.3. The second-order valence-electron chi connectivity index (χ2n) is 15.3. The van der Waals surface area contributed by atoms with Crippen LogP contribution in [0.25, 0.3) is 0 Å². The summed E-state index contributed by atoms with van der Waals surface area (Å²) >= 11 is 0. The van der Waals surface area contributed by atoms with E-state index in [9.17, 15) is 38.0 Å². The highest BCUT2D eigenvalue weighted by atomic mass is 19.1. The Labute approximate surface area is 313 Å². The molecule has 0 bridgehead atoms. The number of carbonyl (C=O) groups is 7. The van der Waals surface area contributed by atoms with E-state index in [1.54, 1.807) is 39.8 Å². The number of rotatable bonds is 14. The Kier molecular flexibility index (Phi) is 13.6. The highest BCUT2D eigenvalue weighted by Crippen LogP contribution is 2.31. The molecule has 1 saturated carbocycles. The van der Waals surface area contributed by atoms with Gasteiger partial charge in [0.05, 0.1) is 19.1 Å². The first-order valence-electron chi connectivity index (χ1n) is 18.3. The van der Waals surface area contributed by atoms with Gasteiger partial charge in [0.2, 0.25) is 23.5 Å². The van der Waals surface area contributed by atoms with E-state index in [0.29, 0.717) is 36.6 Å². The van der Waals surface area contributed by atoms with Crippen molar-refractivity contribution in [3.8, 4) is 0 Å². The van der Waals surface area contributed by atoms with Crippen molar-refractivity contribution in [2.45, 2.75) is 122 Å². The van der Waals surface area contributed by atoms with Crippen LogP contribution in [0.2, 0.25) is 0 Å². The minimum Gasteiger partial charge on any atom is -0.444 e. The molecule has 1 aliphatic carbocycles. The molecule has 0 spiro atoms. The Morgan fingerprint density at radius 1 is 1.04 bits per heavy atom. The fourth-order valence-corrected chi connectivity index (χ4v) is 7.30. The van der Waals surface area contributed by atoms with Crippen LogP contribution in [0, 0.1) is 28.0 Å². The van der Waals surface area contributed by atoms with Crippen molar-refractivity contribution in [3.05, 3.63) is 35.1 Å². The highest BCUT2D eigenvalue weighted by Gasteiger charge is 2.48. The van der Waals surface area contributed by atoms with E-state index in [-0.39, 0.29) is 38.4 Å². The number of halogens is 1. The minimum atomic E-state index is -1.31. The van der Waals surface area contributed by atoms with Crippen LogP contribution in [0.1, 0.15) is 90.2 Å². The molecule has 5 atom stereocenters. The van der Waals surface area contributed by atoms with Gasteiger partial charge in [-0.05, 0) is 42.2 Å². The number of primary amides is 1. The standard InChI is InChI=1S/C37H51FN8O8/c1-5-10-26(29(47)31(41)48)42-33(50)27-15-22(54-36(53)45-17-21-13-9-14-24(38)23(21)19-45)18-46(27)35(52)30(37(2,3)4)44-34(51)28(20-11-7-6-8-12-20)43-32(49)25(40)16-39/h9,13-14,16,20,22,26-28,30,39-40H,5-8,10-12,15,17-19H2,1-4H3,(H2,41,48)(H,42,50)(H,43,49)(H,44,51)/t22-,26?,27?,28+,30-/m1/s1. The van der Waals surface area contributed by atoms with E-state index in [0.717, 1.165) is 19.3 Å². The molecular formula is C37H51FN8O8. The lowest BCUT2D eigenvalue weighted by atomic mass is 9.82. The largest absolute Gasteiger partial charge is 0.444 e. The van der Waals surface area contributed by atoms with E-state index in [1.807, 2.05) is 0 Å². The number of nitrogens with one attached hydrogen (secondary N) is 5. The molecule has 4 rings (SSSR count). The van der Waals surface area contributed by atoms with Gasteiger partial charge in [0.25, 0.3) is 11.8 Å². The minimum absolute atomic E-state index is 0.0375. The number of benzene rings is 1. The summed E-state index contributed by atoms with van der Waals surface area (Å²) in [6, 6.07) is -0.449. The normalized spacial score (nSPS) is 20.2. The molecule has 2 fully saturated rings. The summed E-state index contributed by atoms with van der Waals surface area (Å²) in [5.74, 6) is -6.12. The molecule has 7 N–H and O–H groups in total. The average Bonchev–Trinajstić information content (AvgIpc) is 3.77. The van der Waals surface area contributed by atoms with Gasteiger partial charge in [0.15, 0.2) is 0 Å². The van der Waals surface area contributed by atoms with Crippen molar-refractivity contribution in [3.63, 3.8) is 0 Å². The maximum Gasteiger partial charge on any atom is 0.410 e. The van der Waals surface area contributed by atoms with Crippen molar-refractivity contribution in [1.82, 2.24) is 25.8 Å². The summed E-state index contributed by atoms with van der Waals surface area (Å²) in [4.78, 5) is 95.4. The van der Waals surface area contributed by atoms with Crippen molar-refractivity contribution in [2.24, 2.45) is 17.1 Å². The zero-order valence-electron chi connectivity index (χ0n) is 31.2. The average molecular weight is 755 g/mol. The maximum absolute atomic E-state index is 14.6. The summed E-state index contributed by atoms with van der Waals surface area (Å²) in [6.07, 6.45) is 2.86. The Hall–Kier alpha value is -5.22. The van der Waals surface area contributed by atoms with E-state index in [4.69, 9.17) is 21.3 Å². The number of nitrogens with zero attached hydrogens (tertiary/aromatic N) is 2. The van der Waals surface area contributed by atoms with Gasteiger partial charge >= 0.3 is 6.09 Å². The molecule has 1 aromatic carbocycles. The van der Waals surface area contributed by atoms with Crippen molar-refractivity contribution < 1.29 is 42.7 Å². The molecule has 294 valence electrons. The SMILES string of the molecule is CCCC(NC(=O)C1C[C@@H](OC(=O)N2Cc3cccc(F)c3C2)CN1C(=O)[C@@H](NC(=O)[C@@H](NC(=O)C(=N)C=N)C1CCCCC1)C(C)(C)C)C(=O)C(N)=O. The first-order chi connectivity index (χ1) is 25.5. The number of amides is 6. The summed E-state index contributed by atoms with van der Waals surface area (Å²) in [7, 11) is 0. The van der Waals surface area contributed by atoms with Gasteiger partial charge in [-0.2, -0.15) is 0 Å². The number of likely N-dealkylation sites (tertiary alicyclic amines) is 1. The van der Waals surface area contributed by atoms with E-state index in [2.05, 4.69) is 16.0 Å². The van der Waals surface area contributed by atoms with Crippen LogP contribution in [-0.2, 0) is 46.6 Å². The Morgan fingerprint density at radius 2 is 1.72 bits per heavy atom. The van der Waals surface area contributed by atoms with Gasteiger partial charge < -0.3 is 36.7 Å². The first kappa shape index (κ1) is 41.5. The van der Waals surface area contributed by atoms with Crippen molar-refractivity contribution >= 4 is 53.3 Å². The number of fused-ring (bicyclic) bond motifs is 1. The second-order valence-corrected chi connectivity index (χ2v) is 15.3. The van der Waals surface area contributed by atoms with Crippen molar-refractivity contribution in [1.29, 1.82) is 10.8 Å². The van der Waals surface area contributed by atoms with Gasteiger partial charge in [-0.3, -0.25) is 39.1 Å². The zero-order valence-corrected chi connectivity index (χ0v) is 31.2. The van der Waals surface area contributed by atoms with Crippen LogP contribution < -0.4 is 21.7 Å². The van der Waals surface area contributed by atoms with E-state index in [1.165, 1.54) is 15.9 Å². The molecule has 3 aliphatic rings. The second kappa shape index (κ2) is 17.7. The lowest BCUT2D eigenvalue weighted by Gasteiger charge is -2.37. The molecule has 2 heterocycles. The molecule has 2 aliphatic heterocycles. The zero-order chi connectivity index (χ0) is 39.9. The summed E-state index contributed by atoms with van der Waals surface area (Å²) in [5.41, 5.74) is 4.61. The third-order valence-corrected chi connectivity index (χ3v) is 10.2. The Bertz CT molecular complexity index is 1670. The quantitative estimate of drug-likeness (QED) is 0.121. The molecule has 1 saturated heterocycles. The molecule has 2 unspecified atom stereocenters. The molecule has 54 heavy (non-hydrogen) atoms. The summed E-state index contributed by atoms with van der Waals surface area (Å²) < 4.78 is 20.2. The molecule has 0 aromatic heterocycles. The molecule has 16 nitrogen and oxygen atoms in total. The number of carbonyl (C=O) groups excluding carboxylic acids is 7. The molecule has 6 amide bonds. The predicted octanol–water partition coefficient (Wildman–Crippen LogP) is 1.85. The summed E-state index contributed by atoms with van der Waals surface area (Å²) in [6.45, 7) is 6.62. The highest BCUT2D eigenvalue weighted by molar-refractivity contribution is 6.59. The van der Waals surface area contributed by atoms with Gasteiger partial charge in [-0.1, -0.05) is 65.5 Å². The van der Waals surface area contributed by atoms with Crippen LogP contribution in [0.5, 0.6) is 0 Å². The fourth-order valence-electron chi connectivity index (χ4n) is 7.30. The molecule has 0 radical (unpaired) electrons. The third kappa shape index (κ3) is 9.85.